The molecule has 2 rings (SSSR count). The van der Waals surface area contributed by atoms with Crippen LogP contribution in [-0.2, 0) is 4.79 Å². The molecule has 1 aromatic carbocycles. The van der Waals surface area contributed by atoms with Gasteiger partial charge in [0.05, 0.1) is 0 Å². The number of terminal acetylenes is 1. The smallest absolute Gasteiger partial charge is 0.133 e. The van der Waals surface area contributed by atoms with E-state index in [2.05, 4.69) is 23.4 Å². The fourth-order valence-corrected chi connectivity index (χ4v) is 2.30. The summed E-state index contributed by atoms with van der Waals surface area (Å²) < 4.78 is 0. The Morgan fingerprint density at radius 2 is 2.29 bits per heavy atom. The van der Waals surface area contributed by atoms with Gasteiger partial charge in [-0.2, -0.15) is 0 Å². The molecule has 0 aromatic heterocycles. The van der Waals surface area contributed by atoms with Crippen LogP contribution in [0.25, 0.3) is 0 Å². The lowest BCUT2D eigenvalue weighted by atomic mass is 9.94. The van der Waals surface area contributed by atoms with Gasteiger partial charge in [-0.05, 0) is 18.1 Å². The third kappa shape index (κ3) is 2.88. The van der Waals surface area contributed by atoms with E-state index in [1.807, 2.05) is 12.1 Å². The summed E-state index contributed by atoms with van der Waals surface area (Å²) in [7, 11) is 0. The van der Waals surface area contributed by atoms with E-state index in [1.165, 1.54) is 11.3 Å². The SMILES string of the molecule is C#CCCCC(=O)CC1CNc2ccccc21. The number of hydrogen-bond acceptors (Lipinski definition) is 2. The van der Waals surface area contributed by atoms with Gasteiger partial charge < -0.3 is 5.32 Å². The molecule has 2 nitrogen and oxygen atoms in total. The summed E-state index contributed by atoms with van der Waals surface area (Å²) in [4.78, 5) is 11.8. The van der Waals surface area contributed by atoms with Crippen molar-refractivity contribution in [2.75, 3.05) is 11.9 Å². The van der Waals surface area contributed by atoms with E-state index in [1.54, 1.807) is 0 Å². The Balaban J connectivity index is 1.89. The quantitative estimate of drug-likeness (QED) is 0.619. The Kier molecular flexibility index (Phi) is 3.82. The number of anilines is 1. The normalized spacial score (nSPS) is 17.0. The highest BCUT2D eigenvalue weighted by atomic mass is 16.1. The molecule has 1 unspecified atom stereocenters. The highest BCUT2D eigenvalue weighted by molar-refractivity contribution is 5.80. The van der Waals surface area contributed by atoms with E-state index >= 15 is 0 Å². The number of fused-ring (bicyclic) bond motifs is 1. The molecular weight excluding hydrogens is 210 g/mol. The maximum Gasteiger partial charge on any atom is 0.133 e. The fourth-order valence-electron chi connectivity index (χ4n) is 2.30. The second-order valence-electron chi connectivity index (χ2n) is 4.47. The molecule has 2 heteroatoms. The highest BCUT2D eigenvalue weighted by Crippen LogP contribution is 2.33. The Bertz CT molecular complexity index is 444. The number of para-hydroxylation sites is 1. The maximum atomic E-state index is 11.8. The molecule has 0 radical (unpaired) electrons. The van der Waals surface area contributed by atoms with Gasteiger partial charge in [0, 0.05) is 37.4 Å². The Hall–Kier alpha value is -1.75. The molecule has 1 aliphatic rings. The van der Waals surface area contributed by atoms with Crippen LogP contribution in [0.4, 0.5) is 5.69 Å². The van der Waals surface area contributed by atoms with Crippen molar-refractivity contribution in [2.24, 2.45) is 0 Å². The molecular formula is C15H17NO. The minimum atomic E-state index is 0.323. The van der Waals surface area contributed by atoms with Gasteiger partial charge in [-0.1, -0.05) is 18.2 Å². The number of unbranched alkanes of at least 4 members (excludes halogenated alkanes) is 1. The average Bonchev–Trinajstić information content (AvgIpc) is 2.73. The van der Waals surface area contributed by atoms with Gasteiger partial charge in [-0.25, -0.2) is 0 Å². The van der Waals surface area contributed by atoms with Gasteiger partial charge in [0.15, 0.2) is 0 Å². The monoisotopic (exact) mass is 227 g/mol. The number of benzene rings is 1. The molecule has 1 aromatic rings. The number of rotatable bonds is 5. The van der Waals surface area contributed by atoms with E-state index < -0.39 is 0 Å². The molecule has 1 atom stereocenters. The van der Waals surface area contributed by atoms with Crippen LogP contribution in [-0.4, -0.2) is 12.3 Å². The first-order chi connectivity index (χ1) is 8.31. The molecule has 0 saturated heterocycles. The summed E-state index contributed by atoms with van der Waals surface area (Å²) >= 11 is 0. The number of hydrogen-bond donors (Lipinski definition) is 1. The second kappa shape index (κ2) is 5.54. The molecule has 0 aliphatic carbocycles. The summed E-state index contributed by atoms with van der Waals surface area (Å²) in [6.07, 6.45) is 7.93. The van der Waals surface area contributed by atoms with Crippen LogP contribution in [0.3, 0.4) is 0 Å². The standard InChI is InChI=1S/C15H17NO/c1-2-3-4-7-13(17)10-12-11-16-15-9-6-5-8-14(12)15/h1,5-6,8-9,12,16H,3-4,7,10-11H2. The highest BCUT2D eigenvalue weighted by Gasteiger charge is 2.23. The van der Waals surface area contributed by atoms with Crippen molar-refractivity contribution in [3.63, 3.8) is 0 Å². The van der Waals surface area contributed by atoms with Crippen LogP contribution in [0.1, 0.15) is 37.2 Å². The zero-order valence-electron chi connectivity index (χ0n) is 9.91. The summed E-state index contributed by atoms with van der Waals surface area (Å²) in [6, 6.07) is 8.22. The second-order valence-corrected chi connectivity index (χ2v) is 4.47. The van der Waals surface area contributed by atoms with Crippen LogP contribution in [0, 0.1) is 12.3 Å². The van der Waals surface area contributed by atoms with Crippen LogP contribution < -0.4 is 5.32 Å². The first-order valence-corrected chi connectivity index (χ1v) is 6.09. The molecule has 1 N–H and O–H groups in total. The van der Waals surface area contributed by atoms with Crippen molar-refractivity contribution in [3.05, 3.63) is 29.8 Å². The summed E-state index contributed by atoms with van der Waals surface area (Å²) in [6.45, 7) is 0.875. The predicted molar refractivity (Wildman–Crippen MR) is 70.0 cm³/mol. The minimum absolute atomic E-state index is 0.323. The average molecular weight is 227 g/mol. The summed E-state index contributed by atoms with van der Waals surface area (Å²) in [5.41, 5.74) is 2.45. The van der Waals surface area contributed by atoms with E-state index in [4.69, 9.17) is 6.42 Å². The van der Waals surface area contributed by atoms with Crippen molar-refractivity contribution in [3.8, 4) is 12.3 Å². The number of Topliss-reactive ketones (excluding diaryl/α,β-unsaturated/α-hetero) is 1. The third-order valence-corrected chi connectivity index (χ3v) is 3.19. The third-order valence-electron chi connectivity index (χ3n) is 3.19. The minimum Gasteiger partial charge on any atom is -0.384 e. The van der Waals surface area contributed by atoms with Crippen molar-refractivity contribution >= 4 is 11.5 Å². The zero-order chi connectivity index (χ0) is 12.1. The van der Waals surface area contributed by atoms with Crippen LogP contribution in [0.2, 0.25) is 0 Å². The Labute approximate surface area is 102 Å². The predicted octanol–water partition coefficient (Wildman–Crippen LogP) is 2.96. The summed E-state index contributed by atoms with van der Waals surface area (Å²) in [5.74, 6) is 3.23. The molecule has 88 valence electrons. The van der Waals surface area contributed by atoms with Gasteiger partial charge in [0.1, 0.15) is 5.78 Å². The largest absolute Gasteiger partial charge is 0.384 e. The fraction of sp³-hybridized carbons (Fsp3) is 0.400. The Morgan fingerprint density at radius 3 is 3.12 bits per heavy atom. The van der Waals surface area contributed by atoms with E-state index in [0.717, 1.165) is 13.0 Å². The van der Waals surface area contributed by atoms with Crippen molar-refractivity contribution in [1.82, 2.24) is 0 Å². The van der Waals surface area contributed by atoms with Crippen LogP contribution in [0.15, 0.2) is 24.3 Å². The van der Waals surface area contributed by atoms with Gasteiger partial charge in [-0.15, -0.1) is 12.3 Å². The molecule has 0 fully saturated rings. The number of carbonyl (C=O) groups excluding carboxylic acids is 1. The van der Waals surface area contributed by atoms with Crippen molar-refractivity contribution in [1.29, 1.82) is 0 Å². The molecule has 0 amide bonds. The lowest BCUT2D eigenvalue weighted by molar-refractivity contribution is -0.119. The van der Waals surface area contributed by atoms with Gasteiger partial charge >= 0.3 is 0 Å². The molecule has 1 heterocycles. The van der Waals surface area contributed by atoms with Crippen LogP contribution >= 0.6 is 0 Å². The lowest BCUT2D eigenvalue weighted by Crippen LogP contribution is -2.09. The zero-order valence-corrected chi connectivity index (χ0v) is 9.91. The maximum absolute atomic E-state index is 11.8. The van der Waals surface area contributed by atoms with Gasteiger partial charge in [0.25, 0.3) is 0 Å². The molecule has 17 heavy (non-hydrogen) atoms. The summed E-state index contributed by atoms with van der Waals surface area (Å²) in [5, 5.41) is 3.34. The molecule has 0 spiro atoms. The van der Waals surface area contributed by atoms with Crippen molar-refractivity contribution in [2.45, 2.75) is 31.6 Å². The molecule has 0 saturated carbocycles. The van der Waals surface area contributed by atoms with E-state index in [0.29, 0.717) is 31.0 Å². The lowest BCUT2D eigenvalue weighted by Gasteiger charge is -2.08. The van der Waals surface area contributed by atoms with E-state index in [9.17, 15) is 4.79 Å². The molecule has 1 aliphatic heterocycles. The van der Waals surface area contributed by atoms with Gasteiger partial charge in [-0.3, -0.25) is 4.79 Å². The first kappa shape index (κ1) is 11.7. The first-order valence-electron chi connectivity index (χ1n) is 6.09. The van der Waals surface area contributed by atoms with Crippen molar-refractivity contribution < 1.29 is 4.79 Å². The van der Waals surface area contributed by atoms with Gasteiger partial charge in [0.2, 0.25) is 0 Å². The van der Waals surface area contributed by atoms with Crippen LogP contribution in [0.5, 0.6) is 0 Å². The number of nitrogens with one attached hydrogen (secondary N) is 1. The number of ketones is 1. The Morgan fingerprint density at radius 1 is 1.47 bits per heavy atom. The molecule has 0 bridgehead atoms. The number of carbonyl (C=O) groups is 1. The van der Waals surface area contributed by atoms with E-state index in [-0.39, 0.29) is 0 Å². The topological polar surface area (TPSA) is 29.1 Å².